The van der Waals surface area contributed by atoms with E-state index in [0.29, 0.717) is 28.1 Å². The maximum atomic E-state index is 14.1. The second-order valence-corrected chi connectivity index (χ2v) is 5.26. The monoisotopic (exact) mass is 316 g/mol. The van der Waals surface area contributed by atoms with Crippen LogP contribution in [-0.4, -0.2) is 21.0 Å². The average molecular weight is 317 g/mol. The van der Waals surface area contributed by atoms with Crippen LogP contribution in [0.2, 0.25) is 5.02 Å². The Morgan fingerprint density at radius 3 is 2.82 bits per heavy atom. The van der Waals surface area contributed by atoms with E-state index in [9.17, 15) is 9.18 Å². The van der Waals surface area contributed by atoms with E-state index in [0.717, 1.165) is 0 Å². The Morgan fingerprint density at radius 1 is 1.23 bits per heavy atom. The number of nitrogens with zero attached hydrogens (tertiary/aromatic N) is 2. The van der Waals surface area contributed by atoms with E-state index in [1.807, 2.05) is 0 Å². The summed E-state index contributed by atoms with van der Waals surface area (Å²) in [6, 6.07) is 7.67. The van der Waals surface area contributed by atoms with Gasteiger partial charge in [0.1, 0.15) is 11.3 Å². The van der Waals surface area contributed by atoms with E-state index in [2.05, 4.69) is 9.97 Å². The Morgan fingerprint density at radius 2 is 2.05 bits per heavy atom. The smallest absolute Gasteiger partial charge is 0.335 e. The quantitative estimate of drug-likeness (QED) is 0.800. The predicted molar refractivity (Wildman–Crippen MR) is 80.7 cm³/mol. The van der Waals surface area contributed by atoms with Gasteiger partial charge in [-0.05, 0) is 35.9 Å². The molecule has 0 aliphatic carbocycles. The van der Waals surface area contributed by atoms with Gasteiger partial charge in [-0.25, -0.2) is 9.18 Å². The van der Waals surface area contributed by atoms with Gasteiger partial charge in [-0.3, -0.25) is 9.97 Å². The molecule has 0 radical (unpaired) electrons. The molecule has 0 atom stereocenters. The summed E-state index contributed by atoms with van der Waals surface area (Å²) in [4.78, 5) is 19.0. The summed E-state index contributed by atoms with van der Waals surface area (Å²) in [6.45, 7) is 0. The minimum Gasteiger partial charge on any atom is -0.478 e. The van der Waals surface area contributed by atoms with Crippen molar-refractivity contribution in [3.63, 3.8) is 0 Å². The zero-order chi connectivity index (χ0) is 15.7. The van der Waals surface area contributed by atoms with Crippen molar-refractivity contribution in [2.45, 2.75) is 6.42 Å². The molecule has 4 nitrogen and oxygen atoms in total. The summed E-state index contributed by atoms with van der Waals surface area (Å²) in [5.74, 6) is -1.47. The maximum Gasteiger partial charge on any atom is 0.335 e. The number of hydrogen-bond acceptors (Lipinski definition) is 3. The van der Waals surface area contributed by atoms with E-state index in [4.69, 9.17) is 16.7 Å². The molecule has 0 unspecified atom stereocenters. The van der Waals surface area contributed by atoms with Crippen molar-refractivity contribution >= 4 is 28.5 Å². The third kappa shape index (κ3) is 2.89. The number of hydrogen-bond donors (Lipinski definition) is 1. The van der Waals surface area contributed by atoms with Gasteiger partial charge in [0.2, 0.25) is 0 Å². The van der Waals surface area contributed by atoms with Crippen molar-refractivity contribution in [3.05, 3.63) is 70.4 Å². The lowest BCUT2D eigenvalue weighted by Crippen LogP contribution is -2.00. The molecule has 0 bridgehead atoms. The molecular formula is C16H10ClFN2O2. The molecule has 3 rings (SSSR count). The van der Waals surface area contributed by atoms with Gasteiger partial charge in [-0.1, -0.05) is 11.6 Å². The fraction of sp³-hybridized carbons (Fsp3) is 0.0625. The molecule has 0 spiro atoms. The molecule has 2 aromatic heterocycles. The number of carboxylic acid groups (broad SMARTS) is 1. The second-order valence-electron chi connectivity index (χ2n) is 4.82. The number of pyridine rings is 2. The van der Waals surface area contributed by atoms with Crippen LogP contribution in [0.25, 0.3) is 10.9 Å². The summed E-state index contributed by atoms with van der Waals surface area (Å²) in [5.41, 5.74) is 1.62. The molecule has 6 heteroatoms. The Balaban J connectivity index is 2.00. The third-order valence-corrected chi connectivity index (χ3v) is 3.42. The Labute approximate surface area is 130 Å². The van der Waals surface area contributed by atoms with Crippen molar-refractivity contribution in [3.8, 4) is 0 Å². The molecule has 3 aromatic rings. The molecule has 0 aliphatic rings. The summed E-state index contributed by atoms with van der Waals surface area (Å²) in [7, 11) is 0. The highest BCUT2D eigenvalue weighted by Gasteiger charge is 2.09. The van der Waals surface area contributed by atoms with Crippen LogP contribution < -0.4 is 0 Å². The van der Waals surface area contributed by atoms with Gasteiger partial charge in [-0.2, -0.15) is 0 Å². The Hall–Kier alpha value is -2.53. The molecule has 0 aliphatic heterocycles. The van der Waals surface area contributed by atoms with Gasteiger partial charge in [0.15, 0.2) is 0 Å². The highest BCUT2D eigenvalue weighted by atomic mass is 35.5. The topological polar surface area (TPSA) is 63.1 Å². The first-order chi connectivity index (χ1) is 10.5. The van der Waals surface area contributed by atoms with Gasteiger partial charge in [0.05, 0.1) is 10.6 Å². The van der Waals surface area contributed by atoms with Crippen LogP contribution in [0.1, 0.15) is 21.6 Å². The first-order valence-corrected chi connectivity index (χ1v) is 6.82. The van der Waals surface area contributed by atoms with Crippen LogP contribution in [0.4, 0.5) is 4.39 Å². The minimum absolute atomic E-state index is 0.149. The summed E-state index contributed by atoms with van der Waals surface area (Å²) in [5, 5.41) is 10.0. The highest BCUT2D eigenvalue weighted by molar-refractivity contribution is 6.31. The fourth-order valence-corrected chi connectivity index (χ4v) is 2.42. The largest absolute Gasteiger partial charge is 0.478 e. The number of halogens is 2. The Bertz CT molecular complexity index is 883. The number of rotatable bonds is 3. The van der Waals surface area contributed by atoms with Gasteiger partial charge in [0, 0.05) is 29.9 Å². The van der Waals surface area contributed by atoms with Crippen LogP contribution >= 0.6 is 11.6 Å². The predicted octanol–water partition coefficient (Wildman–Crippen LogP) is 3.71. The summed E-state index contributed by atoms with van der Waals surface area (Å²) >= 11 is 5.88. The molecule has 1 N–H and O–H groups in total. The molecule has 0 saturated heterocycles. The molecule has 0 amide bonds. The lowest BCUT2D eigenvalue weighted by Gasteiger charge is -2.06. The van der Waals surface area contributed by atoms with Crippen LogP contribution in [-0.2, 0) is 6.42 Å². The molecular weight excluding hydrogens is 307 g/mol. The van der Waals surface area contributed by atoms with E-state index >= 15 is 0 Å². The standard InChI is InChI=1S/C16H10ClFN2O2/c17-12-6-11-3-9(5-14(18)15(11)20-8-12)4-13-7-10(16(21)22)1-2-19-13/h1-3,5-8H,4H2,(H,21,22). The van der Waals surface area contributed by atoms with Crippen LogP contribution in [0.5, 0.6) is 0 Å². The van der Waals surface area contributed by atoms with E-state index in [-0.39, 0.29) is 11.1 Å². The number of carbonyl (C=O) groups is 1. The molecule has 0 fully saturated rings. The van der Waals surface area contributed by atoms with Crippen LogP contribution in [0, 0.1) is 5.82 Å². The van der Waals surface area contributed by atoms with Crippen LogP contribution in [0.3, 0.4) is 0 Å². The first kappa shape index (κ1) is 14.4. The van der Waals surface area contributed by atoms with E-state index in [1.54, 1.807) is 12.1 Å². The molecule has 1 aromatic carbocycles. The van der Waals surface area contributed by atoms with Crippen LogP contribution in [0.15, 0.2) is 42.7 Å². The number of fused-ring (bicyclic) bond motifs is 1. The normalized spacial score (nSPS) is 10.8. The first-order valence-electron chi connectivity index (χ1n) is 6.45. The highest BCUT2D eigenvalue weighted by Crippen LogP contribution is 2.22. The fourth-order valence-electron chi connectivity index (χ4n) is 2.26. The van der Waals surface area contributed by atoms with Crippen molar-refractivity contribution in [2.24, 2.45) is 0 Å². The lowest BCUT2D eigenvalue weighted by molar-refractivity contribution is 0.0696. The van der Waals surface area contributed by atoms with Crippen molar-refractivity contribution in [1.29, 1.82) is 0 Å². The maximum absolute atomic E-state index is 14.1. The van der Waals surface area contributed by atoms with Crippen molar-refractivity contribution in [2.75, 3.05) is 0 Å². The molecule has 110 valence electrons. The number of aromatic nitrogens is 2. The molecule has 2 heterocycles. The minimum atomic E-state index is -1.02. The van der Waals surface area contributed by atoms with Gasteiger partial charge < -0.3 is 5.11 Å². The SMILES string of the molecule is O=C(O)c1ccnc(Cc2cc(F)c3ncc(Cl)cc3c2)c1. The van der Waals surface area contributed by atoms with E-state index < -0.39 is 11.8 Å². The number of carboxylic acids is 1. The Kier molecular flexibility index (Phi) is 3.73. The van der Waals surface area contributed by atoms with Crippen molar-refractivity contribution < 1.29 is 14.3 Å². The zero-order valence-electron chi connectivity index (χ0n) is 11.3. The van der Waals surface area contributed by atoms with Crippen molar-refractivity contribution in [1.82, 2.24) is 9.97 Å². The zero-order valence-corrected chi connectivity index (χ0v) is 12.0. The molecule has 0 saturated carbocycles. The van der Waals surface area contributed by atoms with Gasteiger partial charge in [0.25, 0.3) is 0 Å². The number of aromatic carboxylic acids is 1. The molecule has 22 heavy (non-hydrogen) atoms. The lowest BCUT2D eigenvalue weighted by atomic mass is 10.0. The van der Waals surface area contributed by atoms with Gasteiger partial charge >= 0.3 is 5.97 Å². The average Bonchev–Trinajstić information content (AvgIpc) is 2.47. The second kappa shape index (κ2) is 5.69. The van der Waals surface area contributed by atoms with E-state index in [1.165, 1.54) is 30.6 Å². The summed E-state index contributed by atoms with van der Waals surface area (Å²) < 4.78 is 14.1. The number of benzene rings is 1. The van der Waals surface area contributed by atoms with Gasteiger partial charge in [-0.15, -0.1) is 0 Å². The third-order valence-electron chi connectivity index (χ3n) is 3.21. The summed E-state index contributed by atoms with van der Waals surface area (Å²) in [6.07, 6.45) is 3.14.